The number of carboxylic acids is 1. The van der Waals surface area contributed by atoms with Crippen molar-refractivity contribution in [2.24, 2.45) is 0 Å². The maximum atomic E-state index is 12.4. The minimum absolute atomic E-state index is 0.0807. The quantitative estimate of drug-likeness (QED) is 0.930. The fraction of sp³-hybridized carbons (Fsp3) is 0.571. The van der Waals surface area contributed by atoms with Crippen molar-refractivity contribution in [3.05, 3.63) is 21.9 Å². The Bertz CT molecular complexity index is 513. The number of ether oxygens (including phenoxy) is 1. The van der Waals surface area contributed by atoms with Crippen LogP contribution in [0.4, 0.5) is 0 Å². The third kappa shape index (κ3) is 3.19. The molecule has 5 nitrogen and oxygen atoms in total. The number of hydrogen-bond acceptors (Lipinski definition) is 4. The van der Waals surface area contributed by atoms with Crippen LogP contribution in [0.25, 0.3) is 0 Å². The maximum Gasteiger partial charge on any atom is 0.345 e. The summed E-state index contributed by atoms with van der Waals surface area (Å²) in [6.45, 7) is 3.40. The van der Waals surface area contributed by atoms with Crippen LogP contribution in [0.3, 0.4) is 0 Å². The van der Waals surface area contributed by atoms with E-state index in [0.717, 1.165) is 30.6 Å². The van der Waals surface area contributed by atoms with Crippen molar-refractivity contribution in [3.8, 4) is 0 Å². The van der Waals surface area contributed by atoms with Crippen molar-refractivity contribution in [2.75, 3.05) is 20.2 Å². The third-order valence-electron chi connectivity index (χ3n) is 3.85. The minimum Gasteiger partial charge on any atom is -0.477 e. The zero-order chi connectivity index (χ0) is 14.8. The van der Waals surface area contributed by atoms with Crippen molar-refractivity contribution in [1.29, 1.82) is 0 Å². The standard InChI is InChI=1S/C14H19NO4S/c1-14(19-2)6-3-8-15(9-7-14)12(16)10-4-5-11(20-10)13(17)18/h4-5H,3,6-9H2,1-2H3,(H,17,18). The third-order valence-corrected chi connectivity index (χ3v) is 4.91. The normalized spacial score (nSPS) is 23.4. The van der Waals surface area contributed by atoms with Gasteiger partial charge in [0.25, 0.3) is 5.91 Å². The highest BCUT2D eigenvalue weighted by molar-refractivity contribution is 7.15. The second-order valence-corrected chi connectivity index (χ2v) is 6.35. The van der Waals surface area contributed by atoms with Gasteiger partial charge in [-0.05, 0) is 38.3 Å². The predicted molar refractivity (Wildman–Crippen MR) is 76.4 cm³/mol. The molecule has 1 aromatic heterocycles. The summed E-state index contributed by atoms with van der Waals surface area (Å²) in [5.41, 5.74) is -0.170. The first kappa shape index (κ1) is 15.0. The van der Waals surface area contributed by atoms with Crippen LogP contribution in [0.5, 0.6) is 0 Å². The van der Waals surface area contributed by atoms with Crippen LogP contribution in [0, 0.1) is 0 Å². The monoisotopic (exact) mass is 297 g/mol. The van der Waals surface area contributed by atoms with E-state index in [1.54, 1.807) is 18.1 Å². The molecule has 1 saturated heterocycles. The number of nitrogens with zero attached hydrogens (tertiary/aromatic N) is 1. The van der Waals surface area contributed by atoms with Gasteiger partial charge in [-0.1, -0.05) is 0 Å². The number of rotatable bonds is 3. The Hall–Kier alpha value is -1.40. The minimum atomic E-state index is -0.989. The Balaban J connectivity index is 2.07. The molecule has 1 fully saturated rings. The van der Waals surface area contributed by atoms with E-state index < -0.39 is 5.97 Å². The number of carbonyl (C=O) groups is 2. The Kier molecular flexibility index (Phi) is 4.45. The predicted octanol–water partition coefficient (Wildman–Crippen LogP) is 2.48. The van der Waals surface area contributed by atoms with Gasteiger partial charge < -0.3 is 14.7 Å². The van der Waals surface area contributed by atoms with Gasteiger partial charge in [-0.2, -0.15) is 0 Å². The average molecular weight is 297 g/mol. The zero-order valence-corrected chi connectivity index (χ0v) is 12.5. The molecule has 1 atom stereocenters. The van der Waals surface area contributed by atoms with E-state index >= 15 is 0 Å². The molecule has 20 heavy (non-hydrogen) atoms. The largest absolute Gasteiger partial charge is 0.477 e. The molecule has 1 aromatic rings. The molecular weight excluding hydrogens is 278 g/mol. The molecule has 0 bridgehead atoms. The van der Waals surface area contributed by atoms with Gasteiger partial charge in [-0.3, -0.25) is 4.79 Å². The van der Waals surface area contributed by atoms with Crippen LogP contribution in [-0.4, -0.2) is 47.7 Å². The SMILES string of the molecule is COC1(C)CCCN(C(=O)c2ccc(C(=O)O)s2)CC1. The van der Waals surface area contributed by atoms with Crippen molar-refractivity contribution in [3.63, 3.8) is 0 Å². The smallest absolute Gasteiger partial charge is 0.345 e. The average Bonchev–Trinajstić information content (AvgIpc) is 2.83. The molecule has 2 heterocycles. The molecule has 0 aliphatic carbocycles. The molecule has 1 amide bonds. The lowest BCUT2D eigenvalue weighted by molar-refractivity contribution is -0.00536. The fourth-order valence-electron chi connectivity index (χ4n) is 2.38. The molecule has 0 saturated carbocycles. The molecule has 2 rings (SSSR count). The Morgan fingerprint density at radius 3 is 2.60 bits per heavy atom. The van der Waals surface area contributed by atoms with E-state index in [4.69, 9.17) is 9.84 Å². The number of methoxy groups -OCH3 is 1. The Labute approximate surface area is 122 Å². The second-order valence-electron chi connectivity index (χ2n) is 5.27. The Morgan fingerprint density at radius 1 is 1.30 bits per heavy atom. The highest BCUT2D eigenvalue weighted by Gasteiger charge is 2.30. The van der Waals surface area contributed by atoms with Gasteiger partial charge in [-0.25, -0.2) is 4.79 Å². The van der Waals surface area contributed by atoms with Gasteiger partial charge >= 0.3 is 5.97 Å². The van der Waals surface area contributed by atoms with Gasteiger partial charge in [-0.15, -0.1) is 11.3 Å². The lowest BCUT2D eigenvalue weighted by atomic mass is 9.97. The van der Waals surface area contributed by atoms with Crippen LogP contribution in [-0.2, 0) is 4.74 Å². The summed E-state index contributed by atoms with van der Waals surface area (Å²) >= 11 is 1.03. The molecule has 1 aliphatic heterocycles. The molecule has 1 aliphatic rings. The van der Waals surface area contributed by atoms with Crippen LogP contribution in [0.2, 0.25) is 0 Å². The number of likely N-dealkylation sites (tertiary alicyclic amines) is 1. The molecule has 6 heteroatoms. The number of amides is 1. The summed E-state index contributed by atoms with van der Waals surface area (Å²) < 4.78 is 5.51. The molecule has 110 valence electrons. The first-order valence-electron chi connectivity index (χ1n) is 6.63. The highest BCUT2D eigenvalue weighted by Crippen LogP contribution is 2.27. The molecule has 0 radical (unpaired) electrons. The summed E-state index contributed by atoms with van der Waals surface area (Å²) in [6.07, 6.45) is 2.62. The van der Waals surface area contributed by atoms with Crippen LogP contribution in [0.1, 0.15) is 45.5 Å². The first-order chi connectivity index (χ1) is 9.45. The van der Waals surface area contributed by atoms with Crippen LogP contribution >= 0.6 is 11.3 Å². The summed E-state index contributed by atoms with van der Waals surface area (Å²) in [4.78, 5) is 25.7. The molecule has 1 N–H and O–H groups in total. The van der Waals surface area contributed by atoms with Gasteiger partial charge in [0.05, 0.1) is 10.5 Å². The summed E-state index contributed by atoms with van der Waals surface area (Å²) in [5, 5.41) is 8.90. The zero-order valence-electron chi connectivity index (χ0n) is 11.7. The number of hydrogen-bond donors (Lipinski definition) is 1. The fourth-order valence-corrected chi connectivity index (χ4v) is 3.20. The van der Waals surface area contributed by atoms with E-state index in [-0.39, 0.29) is 16.4 Å². The van der Waals surface area contributed by atoms with E-state index in [1.165, 1.54) is 6.07 Å². The second kappa shape index (κ2) is 5.93. The maximum absolute atomic E-state index is 12.4. The van der Waals surface area contributed by atoms with Crippen LogP contribution < -0.4 is 0 Å². The first-order valence-corrected chi connectivity index (χ1v) is 7.44. The highest BCUT2D eigenvalue weighted by atomic mass is 32.1. The number of carbonyl (C=O) groups excluding carboxylic acids is 1. The van der Waals surface area contributed by atoms with Gasteiger partial charge in [0, 0.05) is 20.2 Å². The van der Waals surface area contributed by atoms with E-state index in [0.29, 0.717) is 18.0 Å². The summed E-state index contributed by atoms with van der Waals surface area (Å²) in [5.74, 6) is -1.07. The molecule has 0 spiro atoms. The number of aromatic carboxylic acids is 1. The summed E-state index contributed by atoms with van der Waals surface area (Å²) in [7, 11) is 1.70. The van der Waals surface area contributed by atoms with E-state index in [9.17, 15) is 9.59 Å². The lowest BCUT2D eigenvalue weighted by Crippen LogP contribution is -2.33. The number of carboxylic acid groups (broad SMARTS) is 1. The molecular formula is C14H19NO4S. The topological polar surface area (TPSA) is 66.8 Å². The molecule has 0 aromatic carbocycles. The van der Waals surface area contributed by atoms with E-state index in [1.807, 2.05) is 0 Å². The van der Waals surface area contributed by atoms with Crippen LogP contribution in [0.15, 0.2) is 12.1 Å². The lowest BCUT2D eigenvalue weighted by Gasteiger charge is -2.26. The molecule has 1 unspecified atom stereocenters. The van der Waals surface area contributed by atoms with Crippen molar-refractivity contribution < 1.29 is 19.4 Å². The van der Waals surface area contributed by atoms with Crippen molar-refractivity contribution >= 4 is 23.2 Å². The van der Waals surface area contributed by atoms with Crippen molar-refractivity contribution in [1.82, 2.24) is 4.90 Å². The number of thiophene rings is 1. The van der Waals surface area contributed by atoms with Gasteiger partial charge in [0.1, 0.15) is 4.88 Å². The van der Waals surface area contributed by atoms with E-state index in [2.05, 4.69) is 6.92 Å². The Morgan fingerprint density at radius 2 is 2.00 bits per heavy atom. The van der Waals surface area contributed by atoms with Gasteiger partial charge in [0.2, 0.25) is 0 Å². The summed E-state index contributed by atoms with van der Waals surface area (Å²) in [6, 6.07) is 3.08. The van der Waals surface area contributed by atoms with Crippen molar-refractivity contribution in [2.45, 2.75) is 31.8 Å². The van der Waals surface area contributed by atoms with Gasteiger partial charge in [0.15, 0.2) is 0 Å².